The van der Waals surface area contributed by atoms with E-state index in [-0.39, 0.29) is 25.3 Å². The predicted octanol–water partition coefficient (Wildman–Crippen LogP) is 2.52. The number of carbonyl (C=O) groups excluding carboxylic acids is 1. The number of hydrogen-bond donors (Lipinski definition) is 1. The molecular weight excluding hydrogens is 441 g/mol. The quantitative estimate of drug-likeness (QED) is 0.470. The van der Waals surface area contributed by atoms with E-state index in [1.165, 1.54) is 0 Å². The Balaban J connectivity index is 1.36. The standard InChI is InChI=1S/C19H28N5O7P/c1-10(2)29-19(25)11(3)5-6-27-32(26)28-8-14-13(31-32)7-15(30-14)24-9-21-16-17(20)22-12(4)23-18(16)24/h9-11,13-15H,5-8H2,1-4H3,(H2,20,22,23)/t11-,13-,14+,15+,32-/m0/s1. The first-order valence-corrected chi connectivity index (χ1v) is 12.0. The number of imidazole rings is 1. The number of carbonyl (C=O) groups is 1. The highest BCUT2D eigenvalue weighted by Crippen LogP contribution is 2.56. The summed E-state index contributed by atoms with van der Waals surface area (Å²) in [6, 6.07) is 0. The third kappa shape index (κ3) is 4.79. The summed E-state index contributed by atoms with van der Waals surface area (Å²) in [5.74, 6) is 0.0987. The van der Waals surface area contributed by atoms with E-state index in [1.807, 2.05) is 0 Å². The van der Waals surface area contributed by atoms with E-state index in [0.717, 1.165) is 0 Å². The Bertz CT molecular complexity index is 1040. The second-order valence-electron chi connectivity index (χ2n) is 8.24. The molecule has 0 unspecified atom stereocenters. The second-order valence-corrected chi connectivity index (χ2v) is 9.86. The number of aryl methyl sites for hydroxylation is 1. The van der Waals surface area contributed by atoms with E-state index in [2.05, 4.69) is 15.0 Å². The molecule has 32 heavy (non-hydrogen) atoms. The summed E-state index contributed by atoms with van der Waals surface area (Å²) in [5, 5.41) is 0. The number of aromatic nitrogens is 4. The minimum atomic E-state index is -3.77. The fourth-order valence-corrected chi connectivity index (χ4v) is 5.04. The van der Waals surface area contributed by atoms with Crippen LogP contribution in [0.3, 0.4) is 0 Å². The number of nitrogens with zero attached hydrogens (tertiary/aromatic N) is 4. The highest BCUT2D eigenvalue weighted by molar-refractivity contribution is 7.48. The molecule has 0 aromatic carbocycles. The lowest BCUT2D eigenvalue weighted by molar-refractivity contribution is -0.152. The molecule has 0 saturated carbocycles. The van der Waals surface area contributed by atoms with Crippen LogP contribution in [0.1, 0.15) is 45.7 Å². The van der Waals surface area contributed by atoms with Gasteiger partial charge in [-0.3, -0.25) is 22.9 Å². The van der Waals surface area contributed by atoms with Crippen LogP contribution in [0.5, 0.6) is 0 Å². The number of rotatable bonds is 7. The summed E-state index contributed by atoms with van der Waals surface area (Å²) >= 11 is 0. The number of phosphoric ester groups is 1. The number of nitrogens with two attached hydrogens (primary N) is 1. The van der Waals surface area contributed by atoms with E-state index >= 15 is 0 Å². The number of hydrogen-bond acceptors (Lipinski definition) is 11. The number of anilines is 1. The third-order valence-corrected chi connectivity index (χ3v) is 6.76. The lowest BCUT2D eigenvalue weighted by Gasteiger charge is -2.30. The molecule has 0 bridgehead atoms. The van der Waals surface area contributed by atoms with Crippen molar-refractivity contribution in [1.82, 2.24) is 19.5 Å². The molecule has 2 saturated heterocycles. The van der Waals surface area contributed by atoms with Crippen LogP contribution in [0, 0.1) is 12.8 Å². The molecule has 2 aliphatic rings. The van der Waals surface area contributed by atoms with Gasteiger partial charge in [0.25, 0.3) is 0 Å². The Morgan fingerprint density at radius 3 is 2.88 bits per heavy atom. The lowest BCUT2D eigenvalue weighted by atomic mass is 10.1. The molecule has 2 aromatic heterocycles. The molecule has 13 heteroatoms. The van der Waals surface area contributed by atoms with Gasteiger partial charge >= 0.3 is 13.8 Å². The molecule has 0 spiro atoms. The molecule has 5 atom stereocenters. The van der Waals surface area contributed by atoms with E-state index in [0.29, 0.717) is 35.6 Å². The molecule has 2 aliphatic heterocycles. The second kappa shape index (κ2) is 9.03. The Hall–Kier alpha value is -2.11. The van der Waals surface area contributed by atoms with Crippen molar-refractivity contribution in [2.24, 2.45) is 5.92 Å². The van der Waals surface area contributed by atoms with Gasteiger partial charge < -0.3 is 15.2 Å². The van der Waals surface area contributed by atoms with Crippen molar-refractivity contribution in [2.75, 3.05) is 18.9 Å². The normalized spacial score (nSPS) is 28.7. The average molecular weight is 469 g/mol. The largest absolute Gasteiger partial charge is 0.475 e. The Labute approximate surface area is 185 Å². The zero-order valence-electron chi connectivity index (χ0n) is 18.5. The van der Waals surface area contributed by atoms with Crippen LogP contribution in [0.15, 0.2) is 6.33 Å². The van der Waals surface area contributed by atoms with Crippen molar-refractivity contribution in [2.45, 2.75) is 65.1 Å². The van der Waals surface area contributed by atoms with Crippen molar-refractivity contribution in [1.29, 1.82) is 0 Å². The van der Waals surface area contributed by atoms with Gasteiger partial charge in [-0.2, -0.15) is 0 Å². The number of esters is 1. The van der Waals surface area contributed by atoms with Crippen LogP contribution in [0.4, 0.5) is 5.82 Å². The molecule has 4 heterocycles. The van der Waals surface area contributed by atoms with Gasteiger partial charge in [0.2, 0.25) is 0 Å². The summed E-state index contributed by atoms with van der Waals surface area (Å²) < 4.78 is 42.3. The van der Waals surface area contributed by atoms with Crippen LogP contribution >= 0.6 is 7.82 Å². The van der Waals surface area contributed by atoms with Crippen molar-refractivity contribution < 1.29 is 32.4 Å². The summed E-state index contributed by atoms with van der Waals surface area (Å²) in [7, 11) is -3.77. The van der Waals surface area contributed by atoms with Crippen LogP contribution in [0.2, 0.25) is 0 Å². The van der Waals surface area contributed by atoms with Crippen molar-refractivity contribution in [3.63, 3.8) is 0 Å². The molecule has 0 aliphatic carbocycles. The van der Waals surface area contributed by atoms with Crippen LogP contribution in [-0.4, -0.2) is 57.0 Å². The molecule has 2 aromatic rings. The average Bonchev–Trinajstić information content (AvgIpc) is 3.30. The lowest BCUT2D eigenvalue weighted by Crippen LogP contribution is -2.33. The molecule has 2 N–H and O–H groups in total. The van der Waals surface area contributed by atoms with E-state index in [9.17, 15) is 9.36 Å². The number of fused-ring (bicyclic) bond motifs is 2. The molecule has 176 valence electrons. The minimum Gasteiger partial charge on any atom is -0.463 e. The fraction of sp³-hybridized carbons (Fsp3) is 0.684. The van der Waals surface area contributed by atoms with E-state index in [4.69, 9.17) is 28.8 Å². The zero-order chi connectivity index (χ0) is 23.0. The smallest absolute Gasteiger partial charge is 0.463 e. The minimum absolute atomic E-state index is 0.0367. The number of phosphoric acid groups is 1. The maximum atomic E-state index is 12.9. The maximum absolute atomic E-state index is 12.9. The van der Waals surface area contributed by atoms with Crippen molar-refractivity contribution >= 4 is 30.8 Å². The molecular formula is C19H28N5O7P. The number of ether oxygens (including phenoxy) is 2. The van der Waals surface area contributed by atoms with Gasteiger partial charge in [0.15, 0.2) is 11.5 Å². The third-order valence-electron chi connectivity index (χ3n) is 5.27. The SMILES string of the molecule is Cc1nc(N)c2ncn([C@H]3C[C@@H]4O[P@@](=O)(OCC[C@H](C)C(=O)OC(C)C)OC[C@H]4O3)c2n1. The van der Waals surface area contributed by atoms with Gasteiger partial charge in [-0.25, -0.2) is 19.5 Å². The van der Waals surface area contributed by atoms with Gasteiger partial charge in [-0.15, -0.1) is 0 Å². The highest BCUT2D eigenvalue weighted by atomic mass is 31.2. The van der Waals surface area contributed by atoms with Gasteiger partial charge in [0.05, 0.1) is 31.6 Å². The fourth-order valence-electron chi connectivity index (χ4n) is 3.63. The van der Waals surface area contributed by atoms with Crippen LogP contribution < -0.4 is 5.73 Å². The predicted molar refractivity (Wildman–Crippen MR) is 112 cm³/mol. The van der Waals surface area contributed by atoms with Crippen LogP contribution in [0.25, 0.3) is 11.2 Å². The molecule has 0 amide bonds. The topological polar surface area (TPSA) is 150 Å². The van der Waals surface area contributed by atoms with Crippen molar-refractivity contribution in [3.05, 3.63) is 12.2 Å². The zero-order valence-corrected chi connectivity index (χ0v) is 19.4. The van der Waals surface area contributed by atoms with E-state index < -0.39 is 32.2 Å². The first-order chi connectivity index (χ1) is 15.1. The summed E-state index contributed by atoms with van der Waals surface area (Å²) in [4.78, 5) is 24.7. The summed E-state index contributed by atoms with van der Waals surface area (Å²) in [6.45, 7) is 7.14. The summed E-state index contributed by atoms with van der Waals surface area (Å²) in [5.41, 5.74) is 6.98. The maximum Gasteiger partial charge on any atom is 0.475 e. The Morgan fingerprint density at radius 2 is 2.12 bits per heavy atom. The monoisotopic (exact) mass is 469 g/mol. The molecule has 4 rings (SSSR count). The number of nitrogen functional groups attached to an aromatic ring is 1. The first kappa shape index (κ1) is 23.1. The van der Waals surface area contributed by atoms with Gasteiger partial charge in [0, 0.05) is 6.42 Å². The first-order valence-electron chi connectivity index (χ1n) is 10.6. The van der Waals surface area contributed by atoms with E-state index in [1.54, 1.807) is 38.6 Å². The van der Waals surface area contributed by atoms with Gasteiger partial charge in [-0.05, 0) is 27.2 Å². The molecule has 12 nitrogen and oxygen atoms in total. The van der Waals surface area contributed by atoms with Crippen molar-refractivity contribution in [3.8, 4) is 0 Å². The Morgan fingerprint density at radius 1 is 1.34 bits per heavy atom. The van der Waals surface area contributed by atoms with Gasteiger partial charge in [0.1, 0.15) is 29.8 Å². The highest BCUT2D eigenvalue weighted by Gasteiger charge is 2.48. The summed E-state index contributed by atoms with van der Waals surface area (Å²) in [6.07, 6.45) is 0.796. The Kier molecular flexibility index (Phi) is 6.51. The molecule has 2 fully saturated rings. The van der Waals surface area contributed by atoms with Gasteiger partial charge in [-0.1, -0.05) is 6.92 Å². The van der Waals surface area contributed by atoms with Crippen LogP contribution in [-0.2, 0) is 32.4 Å². The molecule has 0 radical (unpaired) electrons.